The van der Waals surface area contributed by atoms with Gasteiger partial charge < -0.3 is 0 Å². The molecular weight excluding hydrogens is 191 g/mol. The van der Waals surface area contributed by atoms with Crippen LogP contribution in [-0.2, 0) is 4.79 Å². The summed E-state index contributed by atoms with van der Waals surface area (Å²) in [6.07, 6.45) is 0. The molecule has 0 N–H and O–H groups in total. The van der Waals surface area contributed by atoms with Gasteiger partial charge in [-0.25, -0.2) is 4.39 Å². The first-order valence-electron chi connectivity index (χ1n) is 3.92. The molecule has 0 spiro atoms. The van der Waals surface area contributed by atoms with Gasteiger partial charge in [0.2, 0.25) is 0 Å². The first-order valence-corrected chi connectivity index (χ1v) is 4.36. The molecule has 0 aliphatic carbocycles. The van der Waals surface area contributed by atoms with Gasteiger partial charge in [0.05, 0.1) is 0 Å². The molecule has 1 nitrogen and oxygen atoms in total. The Hall–Kier alpha value is -0.890. The average Bonchev–Trinajstić information content (AvgIpc) is 2.01. The number of carbonyl (C=O) groups excluding carboxylic acids is 1. The van der Waals surface area contributed by atoms with Gasteiger partial charge in [-0.1, -0.05) is 6.07 Å². The molecule has 1 atom stereocenters. The maximum absolute atomic E-state index is 12.9. The molecule has 0 aliphatic rings. The standard InChI is InChI=1S/C10H10ClFO/c1-6-3-8(5-9(12)4-6)10(11)7(2)13/h3-5,10H,1-2H3. The lowest BCUT2D eigenvalue weighted by Gasteiger charge is -2.06. The summed E-state index contributed by atoms with van der Waals surface area (Å²) in [5, 5.41) is -0.741. The van der Waals surface area contributed by atoms with E-state index in [2.05, 4.69) is 0 Å². The predicted molar refractivity (Wildman–Crippen MR) is 50.4 cm³/mol. The van der Waals surface area contributed by atoms with E-state index in [1.807, 2.05) is 0 Å². The second kappa shape index (κ2) is 3.88. The Kier molecular flexibility index (Phi) is 3.04. The summed E-state index contributed by atoms with van der Waals surface area (Å²) in [7, 11) is 0. The van der Waals surface area contributed by atoms with E-state index in [0.29, 0.717) is 5.56 Å². The van der Waals surface area contributed by atoms with Crippen LogP contribution in [0.2, 0.25) is 0 Å². The molecular formula is C10H10ClFO. The molecule has 13 heavy (non-hydrogen) atoms. The fraction of sp³-hybridized carbons (Fsp3) is 0.300. The minimum atomic E-state index is -0.741. The number of benzene rings is 1. The number of hydrogen-bond acceptors (Lipinski definition) is 1. The Morgan fingerprint density at radius 2 is 2.08 bits per heavy atom. The summed E-state index contributed by atoms with van der Waals surface area (Å²) in [5.41, 5.74) is 1.29. The Morgan fingerprint density at radius 1 is 1.46 bits per heavy atom. The minimum Gasteiger partial charge on any atom is -0.298 e. The normalized spacial score (nSPS) is 12.6. The van der Waals surface area contributed by atoms with Crippen LogP contribution in [0.1, 0.15) is 23.4 Å². The molecule has 1 rings (SSSR count). The molecule has 0 amide bonds. The zero-order valence-corrected chi connectivity index (χ0v) is 8.23. The highest BCUT2D eigenvalue weighted by molar-refractivity contribution is 6.30. The first kappa shape index (κ1) is 10.2. The minimum absolute atomic E-state index is 0.174. The van der Waals surface area contributed by atoms with Crippen molar-refractivity contribution >= 4 is 17.4 Å². The third-order valence-electron chi connectivity index (χ3n) is 1.71. The van der Waals surface area contributed by atoms with Crippen molar-refractivity contribution in [1.82, 2.24) is 0 Å². The maximum Gasteiger partial charge on any atom is 0.152 e. The van der Waals surface area contributed by atoms with E-state index in [1.165, 1.54) is 19.1 Å². The molecule has 1 unspecified atom stereocenters. The van der Waals surface area contributed by atoms with Crippen LogP contribution in [0.25, 0.3) is 0 Å². The fourth-order valence-electron chi connectivity index (χ4n) is 1.15. The molecule has 70 valence electrons. The largest absolute Gasteiger partial charge is 0.298 e. The number of halogens is 2. The van der Waals surface area contributed by atoms with Gasteiger partial charge in [0, 0.05) is 0 Å². The molecule has 0 radical (unpaired) electrons. The molecule has 0 saturated carbocycles. The number of ketones is 1. The zero-order chi connectivity index (χ0) is 10.0. The van der Waals surface area contributed by atoms with Crippen LogP contribution in [0.4, 0.5) is 4.39 Å². The number of Topliss-reactive ketones (excluding diaryl/α,β-unsaturated/α-hetero) is 1. The molecule has 0 aliphatic heterocycles. The van der Waals surface area contributed by atoms with Crippen LogP contribution in [0, 0.1) is 12.7 Å². The maximum atomic E-state index is 12.9. The Bertz CT molecular complexity index is 315. The van der Waals surface area contributed by atoms with E-state index in [0.717, 1.165) is 5.56 Å². The highest BCUT2D eigenvalue weighted by atomic mass is 35.5. The van der Waals surface area contributed by atoms with Gasteiger partial charge in [0.1, 0.15) is 11.2 Å². The van der Waals surface area contributed by atoms with Gasteiger partial charge in [-0.2, -0.15) is 0 Å². The van der Waals surface area contributed by atoms with Gasteiger partial charge in [0.25, 0.3) is 0 Å². The molecule has 0 bridgehead atoms. The van der Waals surface area contributed by atoms with Crippen LogP contribution < -0.4 is 0 Å². The predicted octanol–water partition coefficient (Wildman–Crippen LogP) is 3.00. The summed E-state index contributed by atoms with van der Waals surface area (Å²) in [6.45, 7) is 3.15. The monoisotopic (exact) mass is 200 g/mol. The number of hydrogen-bond donors (Lipinski definition) is 0. The summed E-state index contributed by atoms with van der Waals surface area (Å²) >= 11 is 5.77. The van der Waals surface area contributed by atoms with E-state index < -0.39 is 5.38 Å². The van der Waals surface area contributed by atoms with Crippen molar-refractivity contribution in [1.29, 1.82) is 0 Å². The second-order valence-corrected chi connectivity index (χ2v) is 3.47. The lowest BCUT2D eigenvalue weighted by Crippen LogP contribution is -2.02. The van der Waals surface area contributed by atoms with Crippen LogP contribution in [0.3, 0.4) is 0 Å². The van der Waals surface area contributed by atoms with E-state index in [4.69, 9.17) is 11.6 Å². The van der Waals surface area contributed by atoms with Gasteiger partial charge in [-0.3, -0.25) is 4.79 Å². The van der Waals surface area contributed by atoms with Crippen molar-refractivity contribution < 1.29 is 9.18 Å². The van der Waals surface area contributed by atoms with Crippen molar-refractivity contribution in [2.75, 3.05) is 0 Å². The van der Waals surface area contributed by atoms with Crippen molar-refractivity contribution in [2.24, 2.45) is 0 Å². The quantitative estimate of drug-likeness (QED) is 0.671. The molecule has 1 aromatic carbocycles. The van der Waals surface area contributed by atoms with Crippen LogP contribution >= 0.6 is 11.6 Å². The third kappa shape index (κ3) is 2.52. The molecule has 0 aromatic heterocycles. The van der Waals surface area contributed by atoms with Crippen molar-refractivity contribution in [3.05, 3.63) is 35.1 Å². The lowest BCUT2D eigenvalue weighted by molar-refractivity contribution is -0.116. The van der Waals surface area contributed by atoms with E-state index in [9.17, 15) is 9.18 Å². The number of rotatable bonds is 2. The van der Waals surface area contributed by atoms with Crippen LogP contribution in [-0.4, -0.2) is 5.78 Å². The summed E-state index contributed by atoms with van der Waals surface area (Å²) < 4.78 is 12.9. The number of aryl methyl sites for hydroxylation is 1. The topological polar surface area (TPSA) is 17.1 Å². The van der Waals surface area contributed by atoms with Crippen LogP contribution in [0.15, 0.2) is 18.2 Å². The Labute approximate surface area is 81.5 Å². The Morgan fingerprint density at radius 3 is 2.54 bits per heavy atom. The highest BCUT2D eigenvalue weighted by Crippen LogP contribution is 2.23. The molecule has 0 saturated heterocycles. The van der Waals surface area contributed by atoms with Gasteiger partial charge >= 0.3 is 0 Å². The van der Waals surface area contributed by atoms with Crippen molar-refractivity contribution in [2.45, 2.75) is 19.2 Å². The molecule has 1 aromatic rings. The van der Waals surface area contributed by atoms with Crippen LogP contribution in [0.5, 0.6) is 0 Å². The summed E-state index contributed by atoms with van der Waals surface area (Å²) in [6, 6.07) is 4.39. The summed E-state index contributed by atoms with van der Waals surface area (Å²) in [5.74, 6) is -0.534. The highest BCUT2D eigenvalue weighted by Gasteiger charge is 2.13. The number of carbonyl (C=O) groups is 1. The van der Waals surface area contributed by atoms with Gasteiger partial charge in [-0.05, 0) is 37.1 Å². The van der Waals surface area contributed by atoms with E-state index in [1.54, 1.807) is 13.0 Å². The van der Waals surface area contributed by atoms with Gasteiger partial charge in [0.15, 0.2) is 5.78 Å². The van der Waals surface area contributed by atoms with E-state index in [-0.39, 0.29) is 11.6 Å². The average molecular weight is 201 g/mol. The van der Waals surface area contributed by atoms with E-state index >= 15 is 0 Å². The van der Waals surface area contributed by atoms with Crippen molar-refractivity contribution in [3.63, 3.8) is 0 Å². The lowest BCUT2D eigenvalue weighted by atomic mass is 10.1. The van der Waals surface area contributed by atoms with Crippen molar-refractivity contribution in [3.8, 4) is 0 Å². The third-order valence-corrected chi connectivity index (χ3v) is 2.27. The fourth-order valence-corrected chi connectivity index (χ4v) is 1.27. The smallest absolute Gasteiger partial charge is 0.152 e. The first-order chi connectivity index (χ1) is 6.00. The molecule has 3 heteroatoms. The molecule has 0 heterocycles. The number of alkyl halides is 1. The second-order valence-electron chi connectivity index (χ2n) is 3.04. The summed E-state index contributed by atoms with van der Waals surface area (Å²) in [4.78, 5) is 10.9. The SMILES string of the molecule is CC(=O)C(Cl)c1cc(C)cc(F)c1. The molecule has 0 fully saturated rings. The van der Waals surface area contributed by atoms with Gasteiger partial charge in [-0.15, -0.1) is 11.6 Å². The zero-order valence-electron chi connectivity index (χ0n) is 7.47. The Balaban J connectivity index is 3.07.